The summed E-state index contributed by atoms with van der Waals surface area (Å²) in [6.45, 7) is 10.7. The third-order valence-corrected chi connectivity index (χ3v) is 6.40. The zero-order chi connectivity index (χ0) is 22.3. The Morgan fingerprint density at radius 3 is 2.59 bits per heavy atom. The molecule has 0 spiro atoms. The van der Waals surface area contributed by atoms with Crippen LogP contribution >= 0.6 is 11.3 Å². The lowest BCUT2D eigenvalue weighted by Crippen LogP contribution is -3.08. The molecule has 5 aromatic rings. The predicted molar refractivity (Wildman–Crippen MR) is 122 cm³/mol. The summed E-state index contributed by atoms with van der Waals surface area (Å²) < 4.78 is 3.76. The van der Waals surface area contributed by atoms with Crippen LogP contribution in [0.5, 0.6) is 0 Å². The number of quaternary nitrogens is 1. The van der Waals surface area contributed by atoms with Gasteiger partial charge >= 0.3 is 0 Å². The molecule has 1 atom stereocenters. The predicted octanol–water partition coefficient (Wildman–Crippen LogP) is 2.17. The van der Waals surface area contributed by atoms with E-state index in [0.717, 1.165) is 41.0 Å². The second kappa shape index (κ2) is 8.03. The molecule has 5 rings (SSSR count). The highest BCUT2D eigenvalue weighted by Gasteiger charge is 2.25. The lowest BCUT2D eigenvalue weighted by atomic mass is 10.1. The van der Waals surface area contributed by atoms with Crippen molar-refractivity contribution >= 4 is 27.9 Å². The van der Waals surface area contributed by atoms with Crippen LogP contribution in [0.4, 0.5) is 0 Å². The highest BCUT2D eigenvalue weighted by atomic mass is 32.1. The molecule has 0 saturated heterocycles. The molecule has 1 aromatic carbocycles. The third-order valence-electron chi connectivity index (χ3n) is 5.52. The van der Waals surface area contributed by atoms with Crippen molar-refractivity contribution in [3.63, 3.8) is 0 Å². The molecule has 0 aliphatic heterocycles. The molecule has 9 nitrogen and oxygen atoms in total. The molecular formula is C22H26N9S+. The fraction of sp³-hybridized carbons (Fsp3) is 0.364. The van der Waals surface area contributed by atoms with E-state index in [1.807, 2.05) is 9.20 Å². The summed E-state index contributed by atoms with van der Waals surface area (Å²) >= 11 is 1.77. The van der Waals surface area contributed by atoms with E-state index < -0.39 is 0 Å². The first kappa shape index (κ1) is 20.7. The number of hydrogen-bond acceptors (Lipinski definition) is 7. The standard InChI is InChI=1S/C22H25N9S/c1-15-7-8-16-11-17(21-24-26-27-30(21)19(16)10-15)12-29(13-18-6-5-9-32-18)14-20-23-25-28-31(20)22(2,3)4/h5-11H,12-14H2,1-4H3/p+1. The third kappa shape index (κ3) is 3.98. The summed E-state index contributed by atoms with van der Waals surface area (Å²) in [5, 5.41) is 28.4. The van der Waals surface area contributed by atoms with Crippen LogP contribution in [0.3, 0.4) is 0 Å². The SMILES string of the molecule is Cc1ccc2cc(C[NH+](Cc3cccs3)Cc3nnnn3C(C)(C)C)c3nnnn3c2c1. The Hall–Kier alpha value is -3.24. The molecule has 0 saturated carbocycles. The van der Waals surface area contributed by atoms with Gasteiger partial charge in [-0.1, -0.05) is 18.2 Å². The molecule has 164 valence electrons. The molecule has 4 aromatic heterocycles. The van der Waals surface area contributed by atoms with Crippen LogP contribution < -0.4 is 4.90 Å². The van der Waals surface area contributed by atoms with Crippen molar-refractivity contribution in [2.75, 3.05) is 0 Å². The van der Waals surface area contributed by atoms with Gasteiger partial charge in [0.2, 0.25) is 5.82 Å². The number of fused-ring (bicyclic) bond motifs is 3. The van der Waals surface area contributed by atoms with Crippen LogP contribution in [-0.2, 0) is 25.2 Å². The summed E-state index contributed by atoms with van der Waals surface area (Å²) in [4.78, 5) is 2.64. The molecule has 32 heavy (non-hydrogen) atoms. The molecule has 1 unspecified atom stereocenters. The lowest BCUT2D eigenvalue weighted by molar-refractivity contribution is -0.941. The van der Waals surface area contributed by atoms with E-state index in [9.17, 15) is 0 Å². The Bertz CT molecular complexity index is 1360. The van der Waals surface area contributed by atoms with Crippen LogP contribution in [-0.4, -0.2) is 40.2 Å². The summed E-state index contributed by atoms with van der Waals surface area (Å²) in [5.74, 6) is 0.871. The molecule has 0 bridgehead atoms. The molecule has 0 radical (unpaired) electrons. The van der Waals surface area contributed by atoms with Gasteiger partial charge in [0.25, 0.3) is 0 Å². The van der Waals surface area contributed by atoms with Crippen molar-refractivity contribution in [3.8, 4) is 0 Å². The molecular weight excluding hydrogens is 422 g/mol. The van der Waals surface area contributed by atoms with E-state index in [2.05, 4.69) is 101 Å². The molecule has 1 N–H and O–H groups in total. The highest BCUT2D eigenvalue weighted by molar-refractivity contribution is 7.09. The number of benzene rings is 1. The fourth-order valence-electron chi connectivity index (χ4n) is 4.07. The number of tetrazole rings is 2. The van der Waals surface area contributed by atoms with Crippen molar-refractivity contribution in [3.05, 3.63) is 63.6 Å². The van der Waals surface area contributed by atoms with Gasteiger partial charge < -0.3 is 4.90 Å². The number of pyridine rings is 1. The van der Waals surface area contributed by atoms with Gasteiger partial charge in [-0.3, -0.25) is 0 Å². The van der Waals surface area contributed by atoms with Gasteiger partial charge in [-0.15, -0.1) is 21.5 Å². The lowest BCUT2D eigenvalue weighted by Gasteiger charge is -2.23. The number of aromatic nitrogens is 8. The summed E-state index contributed by atoms with van der Waals surface area (Å²) in [6.07, 6.45) is 0. The zero-order valence-corrected chi connectivity index (χ0v) is 19.5. The Balaban J connectivity index is 1.54. The first-order chi connectivity index (χ1) is 15.4. The van der Waals surface area contributed by atoms with Crippen LogP contribution in [0, 0.1) is 6.92 Å². The Morgan fingerprint density at radius 2 is 1.81 bits per heavy atom. The smallest absolute Gasteiger partial charge is 0.206 e. The fourth-order valence-corrected chi connectivity index (χ4v) is 4.84. The molecule has 0 fully saturated rings. The number of nitrogens with zero attached hydrogens (tertiary/aromatic N) is 8. The second-order valence-corrected chi connectivity index (χ2v) is 10.2. The number of thiophene rings is 1. The minimum absolute atomic E-state index is 0.183. The normalized spacial score (nSPS) is 13.2. The van der Waals surface area contributed by atoms with E-state index in [4.69, 9.17) is 0 Å². The van der Waals surface area contributed by atoms with Crippen LogP contribution in [0.1, 0.15) is 42.6 Å². The van der Waals surface area contributed by atoms with E-state index in [1.54, 1.807) is 11.3 Å². The average Bonchev–Trinajstić information content (AvgIpc) is 3.49. The van der Waals surface area contributed by atoms with Crippen molar-refractivity contribution in [1.82, 2.24) is 40.2 Å². The van der Waals surface area contributed by atoms with E-state index in [-0.39, 0.29) is 5.54 Å². The quantitative estimate of drug-likeness (QED) is 0.428. The molecule has 10 heteroatoms. The van der Waals surface area contributed by atoms with E-state index in [1.165, 1.54) is 15.3 Å². The summed E-state index contributed by atoms with van der Waals surface area (Å²) in [7, 11) is 0. The maximum Gasteiger partial charge on any atom is 0.206 e. The van der Waals surface area contributed by atoms with E-state index in [0.29, 0.717) is 6.54 Å². The number of aryl methyl sites for hydroxylation is 1. The number of nitrogens with one attached hydrogen (secondary N) is 1. The van der Waals surface area contributed by atoms with Crippen LogP contribution in [0.2, 0.25) is 0 Å². The highest BCUT2D eigenvalue weighted by Crippen LogP contribution is 2.20. The van der Waals surface area contributed by atoms with Gasteiger partial charge in [-0.25, -0.2) is 4.68 Å². The van der Waals surface area contributed by atoms with E-state index >= 15 is 0 Å². The second-order valence-electron chi connectivity index (χ2n) is 9.18. The minimum Gasteiger partial charge on any atom is -0.320 e. The average molecular weight is 449 g/mol. The minimum atomic E-state index is -0.183. The van der Waals surface area contributed by atoms with Gasteiger partial charge in [0.05, 0.1) is 21.5 Å². The van der Waals surface area contributed by atoms with Gasteiger partial charge in [-0.05, 0) is 77.7 Å². The Kier molecular flexibility index (Phi) is 5.18. The molecule has 0 amide bonds. The van der Waals surface area contributed by atoms with Crippen molar-refractivity contribution in [2.24, 2.45) is 0 Å². The van der Waals surface area contributed by atoms with Gasteiger partial charge in [0.1, 0.15) is 19.6 Å². The maximum atomic E-state index is 4.35. The van der Waals surface area contributed by atoms with Crippen LogP contribution in [0.25, 0.3) is 16.6 Å². The largest absolute Gasteiger partial charge is 0.320 e. The van der Waals surface area contributed by atoms with Crippen molar-refractivity contribution in [2.45, 2.75) is 52.9 Å². The number of rotatable bonds is 6. The summed E-state index contributed by atoms with van der Waals surface area (Å²) in [6, 6.07) is 12.9. The Morgan fingerprint density at radius 1 is 0.969 bits per heavy atom. The van der Waals surface area contributed by atoms with Gasteiger partial charge in [0, 0.05) is 5.39 Å². The van der Waals surface area contributed by atoms with Crippen molar-refractivity contribution < 1.29 is 4.90 Å². The van der Waals surface area contributed by atoms with Crippen LogP contribution in [0.15, 0.2) is 41.8 Å². The first-order valence-electron chi connectivity index (χ1n) is 10.6. The Labute approximate surface area is 189 Å². The molecule has 0 aliphatic carbocycles. The maximum absolute atomic E-state index is 4.35. The monoisotopic (exact) mass is 448 g/mol. The van der Waals surface area contributed by atoms with Crippen molar-refractivity contribution in [1.29, 1.82) is 0 Å². The summed E-state index contributed by atoms with van der Waals surface area (Å²) in [5.41, 5.74) is 3.92. The van der Waals surface area contributed by atoms with Gasteiger partial charge in [-0.2, -0.15) is 4.52 Å². The molecule has 0 aliphatic rings. The number of hydrogen-bond donors (Lipinski definition) is 1. The zero-order valence-electron chi connectivity index (χ0n) is 18.6. The first-order valence-corrected chi connectivity index (χ1v) is 11.5. The van der Waals surface area contributed by atoms with Gasteiger partial charge in [0.15, 0.2) is 5.65 Å². The topological polar surface area (TPSA) is 91.1 Å². The molecule has 4 heterocycles.